The molecule has 2 rings (SSSR count). The summed E-state index contributed by atoms with van der Waals surface area (Å²) < 4.78 is 0. The van der Waals surface area contributed by atoms with Crippen LogP contribution in [-0.4, -0.2) is 13.1 Å². The SMILES string of the molecule is CCC1CCCCC1C(NC)C1(C)CCCC1. The molecule has 0 heterocycles. The molecule has 0 aliphatic heterocycles. The van der Waals surface area contributed by atoms with Crippen molar-refractivity contribution in [1.82, 2.24) is 5.32 Å². The summed E-state index contributed by atoms with van der Waals surface area (Å²) in [4.78, 5) is 0. The summed E-state index contributed by atoms with van der Waals surface area (Å²) in [5, 5.41) is 3.72. The first-order chi connectivity index (χ1) is 8.21. The molecule has 2 aliphatic carbocycles. The minimum absolute atomic E-state index is 0.587. The summed E-state index contributed by atoms with van der Waals surface area (Å²) in [5.74, 6) is 1.93. The van der Waals surface area contributed by atoms with Crippen LogP contribution in [0.25, 0.3) is 0 Å². The Labute approximate surface area is 108 Å². The van der Waals surface area contributed by atoms with E-state index in [0.29, 0.717) is 5.41 Å². The second-order valence-corrected chi connectivity index (χ2v) is 6.74. The van der Waals surface area contributed by atoms with Crippen molar-refractivity contribution in [1.29, 1.82) is 0 Å². The maximum atomic E-state index is 3.72. The van der Waals surface area contributed by atoms with E-state index in [2.05, 4.69) is 26.2 Å². The molecule has 1 heteroatoms. The van der Waals surface area contributed by atoms with E-state index in [1.54, 1.807) is 0 Å². The monoisotopic (exact) mass is 237 g/mol. The fourth-order valence-corrected chi connectivity index (χ4v) is 4.76. The second-order valence-electron chi connectivity index (χ2n) is 6.74. The van der Waals surface area contributed by atoms with Crippen molar-refractivity contribution >= 4 is 0 Å². The highest BCUT2D eigenvalue weighted by Gasteiger charge is 2.42. The molecule has 100 valence electrons. The predicted octanol–water partition coefficient (Wildman–Crippen LogP) is 4.37. The Bertz CT molecular complexity index is 230. The second kappa shape index (κ2) is 5.73. The molecule has 1 nitrogen and oxygen atoms in total. The third kappa shape index (κ3) is 2.70. The molecule has 2 saturated carbocycles. The molecule has 0 bridgehead atoms. The standard InChI is InChI=1S/C16H31N/c1-4-13-9-5-6-10-14(13)15(17-3)16(2)11-7-8-12-16/h13-15,17H,4-12H2,1-3H3. The van der Waals surface area contributed by atoms with E-state index in [-0.39, 0.29) is 0 Å². The van der Waals surface area contributed by atoms with Gasteiger partial charge in [-0.2, -0.15) is 0 Å². The summed E-state index contributed by atoms with van der Waals surface area (Å²) in [7, 11) is 2.20. The van der Waals surface area contributed by atoms with E-state index in [1.807, 2.05) is 0 Å². The van der Waals surface area contributed by atoms with E-state index in [1.165, 1.54) is 57.8 Å². The molecular formula is C16H31N. The minimum atomic E-state index is 0.587. The van der Waals surface area contributed by atoms with Gasteiger partial charge in [0.15, 0.2) is 0 Å². The topological polar surface area (TPSA) is 12.0 Å². The molecule has 0 spiro atoms. The largest absolute Gasteiger partial charge is 0.316 e. The van der Waals surface area contributed by atoms with E-state index >= 15 is 0 Å². The molecule has 17 heavy (non-hydrogen) atoms. The third-order valence-electron chi connectivity index (χ3n) is 5.73. The lowest BCUT2D eigenvalue weighted by atomic mass is 9.65. The molecule has 2 aliphatic rings. The Balaban J connectivity index is 2.10. The highest BCUT2D eigenvalue weighted by atomic mass is 14.9. The van der Waals surface area contributed by atoms with Gasteiger partial charge in [0.1, 0.15) is 0 Å². The number of nitrogens with one attached hydrogen (secondary N) is 1. The van der Waals surface area contributed by atoms with Crippen molar-refractivity contribution in [3.8, 4) is 0 Å². The van der Waals surface area contributed by atoms with Gasteiger partial charge in [-0.05, 0) is 43.6 Å². The molecule has 0 radical (unpaired) electrons. The van der Waals surface area contributed by atoms with Crippen LogP contribution in [-0.2, 0) is 0 Å². The van der Waals surface area contributed by atoms with Crippen LogP contribution in [0.15, 0.2) is 0 Å². The van der Waals surface area contributed by atoms with Crippen molar-refractivity contribution < 1.29 is 0 Å². The maximum absolute atomic E-state index is 3.72. The zero-order chi connectivity index (χ0) is 12.3. The first-order valence-corrected chi connectivity index (χ1v) is 7.88. The quantitative estimate of drug-likeness (QED) is 0.765. The van der Waals surface area contributed by atoms with Gasteiger partial charge in [0.25, 0.3) is 0 Å². The van der Waals surface area contributed by atoms with Gasteiger partial charge in [-0.3, -0.25) is 0 Å². The highest BCUT2D eigenvalue weighted by Crippen LogP contribution is 2.47. The fraction of sp³-hybridized carbons (Fsp3) is 1.00. The van der Waals surface area contributed by atoms with Crippen molar-refractivity contribution in [2.75, 3.05) is 7.05 Å². The summed E-state index contributed by atoms with van der Waals surface area (Å²) >= 11 is 0. The molecule has 0 amide bonds. The average Bonchev–Trinajstić information content (AvgIpc) is 2.78. The smallest absolute Gasteiger partial charge is 0.0149 e. The van der Waals surface area contributed by atoms with Crippen LogP contribution in [0.3, 0.4) is 0 Å². The van der Waals surface area contributed by atoms with Crippen LogP contribution < -0.4 is 5.32 Å². The van der Waals surface area contributed by atoms with Gasteiger partial charge >= 0.3 is 0 Å². The number of rotatable bonds is 4. The molecule has 0 aromatic rings. The van der Waals surface area contributed by atoms with Crippen LogP contribution in [0.4, 0.5) is 0 Å². The van der Waals surface area contributed by atoms with Gasteiger partial charge in [0, 0.05) is 6.04 Å². The Kier molecular flexibility index (Phi) is 4.52. The maximum Gasteiger partial charge on any atom is 0.0149 e. The Morgan fingerprint density at radius 3 is 2.35 bits per heavy atom. The van der Waals surface area contributed by atoms with Gasteiger partial charge in [-0.1, -0.05) is 52.4 Å². The van der Waals surface area contributed by atoms with Gasteiger partial charge < -0.3 is 5.32 Å². The van der Waals surface area contributed by atoms with Crippen LogP contribution in [0.2, 0.25) is 0 Å². The Morgan fingerprint density at radius 2 is 1.76 bits per heavy atom. The lowest BCUT2D eigenvalue weighted by molar-refractivity contribution is 0.0917. The lowest BCUT2D eigenvalue weighted by Crippen LogP contribution is -2.49. The van der Waals surface area contributed by atoms with Gasteiger partial charge in [-0.15, -0.1) is 0 Å². The van der Waals surface area contributed by atoms with E-state index < -0.39 is 0 Å². The van der Waals surface area contributed by atoms with E-state index in [9.17, 15) is 0 Å². The summed E-state index contributed by atoms with van der Waals surface area (Å²) in [6, 6.07) is 0.773. The van der Waals surface area contributed by atoms with Gasteiger partial charge in [-0.25, -0.2) is 0 Å². The average molecular weight is 237 g/mol. The lowest BCUT2D eigenvalue weighted by Gasteiger charge is -2.45. The van der Waals surface area contributed by atoms with Crippen molar-refractivity contribution in [2.45, 2.75) is 77.7 Å². The van der Waals surface area contributed by atoms with Crippen LogP contribution in [0, 0.1) is 17.3 Å². The summed E-state index contributed by atoms with van der Waals surface area (Å²) in [6.07, 6.45) is 13.1. The Hall–Kier alpha value is -0.0400. The molecule has 0 aromatic heterocycles. The van der Waals surface area contributed by atoms with Gasteiger partial charge in [0.2, 0.25) is 0 Å². The third-order valence-corrected chi connectivity index (χ3v) is 5.73. The fourth-order valence-electron chi connectivity index (χ4n) is 4.76. The van der Waals surface area contributed by atoms with Crippen LogP contribution in [0.1, 0.15) is 71.6 Å². The normalized spacial score (nSPS) is 34.8. The van der Waals surface area contributed by atoms with Crippen molar-refractivity contribution in [3.05, 3.63) is 0 Å². The first kappa shape index (κ1) is 13.4. The molecular weight excluding hydrogens is 206 g/mol. The zero-order valence-corrected chi connectivity index (χ0v) is 12.1. The highest BCUT2D eigenvalue weighted by molar-refractivity contribution is 4.97. The molecule has 0 saturated heterocycles. The summed E-state index contributed by atoms with van der Waals surface area (Å²) in [6.45, 7) is 4.94. The van der Waals surface area contributed by atoms with E-state index in [4.69, 9.17) is 0 Å². The van der Waals surface area contributed by atoms with Gasteiger partial charge in [0.05, 0.1) is 0 Å². The van der Waals surface area contributed by atoms with Crippen LogP contribution in [0.5, 0.6) is 0 Å². The predicted molar refractivity (Wildman–Crippen MR) is 75.2 cm³/mol. The summed E-state index contributed by atoms with van der Waals surface area (Å²) in [5.41, 5.74) is 0.587. The Morgan fingerprint density at radius 1 is 1.12 bits per heavy atom. The molecule has 3 unspecified atom stereocenters. The molecule has 0 aromatic carbocycles. The number of hydrogen-bond acceptors (Lipinski definition) is 1. The molecule has 2 fully saturated rings. The minimum Gasteiger partial charge on any atom is -0.316 e. The molecule has 3 atom stereocenters. The zero-order valence-electron chi connectivity index (χ0n) is 12.1. The first-order valence-electron chi connectivity index (χ1n) is 7.88. The van der Waals surface area contributed by atoms with E-state index in [0.717, 1.165) is 17.9 Å². The van der Waals surface area contributed by atoms with Crippen molar-refractivity contribution in [2.24, 2.45) is 17.3 Å². The van der Waals surface area contributed by atoms with Crippen LogP contribution >= 0.6 is 0 Å². The van der Waals surface area contributed by atoms with Crippen molar-refractivity contribution in [3.63, 3.8) is 0 Å². The molecule has 1 N–H and O–H groups in total. The number of hydrogen-bond donors (Lipinski definition) is 1.